The second-order valence-electron chi connectivity index (χ2n) is 4.95. The number of aromatic amines is 1. The van der Waals surface area contributed by atoms with Gasteiger partial charge in [0.05, 0.1) is 6.33 Å². The number of imidazole rings is 1. The van der Waals surface area contributed by atoms with Crippen LogP contribution in [0.2, 0.25) is 0 Å². The number of rotatable bonds is 0. The summed E-state index contributed by atoms with van der Waals surface area (Å²) < 4.78 is 2.88. The van der Waals surface area contributed by atoms with Gasteiger partial charge in [-0.05, 0) is 12.8 Å². The molecular weight excluding hydrogens is 260 g/mol. The Hall–Kier alpha value is -2.18. The number of carbonyl (C=O) groups is 1. The molecule has 7 nitrogen and oxygen atoms in total. The lowest BCUT2D eigenvalue weighted by molar-refractivity contribution is -0.120. The maximum absolute atomic E-state index is 11.3. The van der Waals surface area contributed by atoms with E-state index in [0.717, 1.165) is 25.7 Å². The SMILES string of the molecule is Cn1cnc2c1c(=O)[nH]c(=O)n2C.O=C1CCCCC1. The Bertz CT molecular complexity index is 730. The molecule has 0 unspecified atom stereocenters. The normalized spacial score (nSPS) is 15.0. The second kappa shape index (κ2) is 5.85. The van der Waals surface area contributed by atoms with E-state index in [0.29, 0.717) is 16.9 Å². The number of H-pyrrole nitrogens is 1. The molecule has 7 heteroatoms. The Kier molecular flexibility index (Phi) is 4.16. The van der Waals surface area contributed by atoms with Crippen molar-refractivity contribution in [2.24, 2.45) is 14.1 Å². The van der Waals surface area contributed by atoms with Crippen LogP contribution in [0.15, 0.2) is 15.9 Å². The van der Waals surface area contributed by atoms with Crippen LogP contribution in [-0.2, 0) is 18.9 Å². The minimum Gasteiger partial charge on any atom is -0.328 e. The van der Waals surface area contributed by atoms with Crippen LogP contribution >= 0.6 is 0 Å². The molecule has 3 rings (SSSR count). The summed E-state index contributed by atoms with van der Waals surface area (Å²) in [5, 5.41) is 0. The van der Waals surface area contributed by atoms with Gasteiger partial charge in [-0.25, -0.2) is 9.78 Å². The van der Waals surface area contributed by atoms with Gasteiger partial charge in [-0.15, -0.1) is 0 Å². The van der Waals surface area contributed by atoms with Crippen LogP contribution in [0.4, 0.5) is 0 Å². The Morgan fingerprint density at radius 3 is 2.30 bits per heavy atom. The third-order valence-electron chi connectivity index (χ3n) is 3.39. The molecule has 2 heterocycles. The Morgan fingerprint density at radius 1 is 1.10 bits per heavy atom. The van der Waals surface area contributed by atoms with Crippen molar-refractivity contribution in [2.75, 3.05) is 0 Å². The fourth-order valence-corrected chi connectivity index (χ4v) is 2.21. The summed E-state index contributed by atoms with van der Waals surface area (Å²) in [6.07, 6.45) is 6.74. The van der Waals surface area contributed by atoms with Crippen LogP contribution in [0.5, 0.6) is 0 Å². The molecule has 0 radical (unpaired) electrons. The van der Waals surface area contributed by atoms with E-state index in [1.807, 2.05) is 0 Å². The summed E-state index contributed by atoms with van der Waals surface area (Å²) in [4.78, 5) is 39.0. The van der Waals surface area contributed by atoms with Crippen LogP contribution in [0.3, 0.4) is 0 Å². The van der Waals surface area contributed by atoms with Gasteiger partial charge in [0.25, 0.3) is 5.56 Å². The number of aryl methyl sites for hydroxylation is 2. The summed E-state index contributed by atoms with van der Waals surface area (Å²) in [5.41, 5.74) is -0.0485. The summed E-state index contributed by atoms with van der Waals surface area (Å²) in [6, 6.07) is 0. The van der Waals surface area contributed by atoms with Crippen molar-refractivity contribution in [3.8, 4) is 0 Å². The van der Waals surface area contributed by atoms with Crippen molar-refractivity contribution >= 4 is 16.9 Å². The van der Waals surface area contributed by atoms with Crippen molar-refractivity contribution in [2.45, 2.75) is 32.1 Å². The first kappa shape index (κ1) is 14.2. The number of aromatic nitrogens is 4. The lowest BCUT2D eigenvalue weighted by Crippen LogP contribution is -2.28. The van der Waals surface area contributed by atoms with E-state index >= 15 is 0 Å². The van der Waals surface area contributed by atoms with E-state index in [9.17, 15) is 14.4 Å². The molecule has 0 spiro atoms. The molecule has 0 bridgehead atoms. The average Bonchev–Trinajstić information content (AvgIpc) is 2.80. The van der Waals surface area contributed by atoms with Crippen molar-refractivity contribution in [3.05, 3.63) is 27.2 Å². The Morgan fingerprint density at radius 2 is 1.75 bits per heavy atom. The van der Waals surface area contributed by atoms with E-state index in [-0.39, 0.29) is 0 Å². The maximum Gasteiger partial charge on any atom is 0.329 e. The quantitative estimate of drug-likeness (QED) is 0.759. The van der Waals surface area contributed by atoms with E-state index in [1.54, 1.807) is 18.7 Å². The van der Waals surface area contributed by atoms with Gasteiger partial charge in [-0.2, -0.15) is 0 Å². The third kappa shape index (κ3) is 2.87. The molecule has 0 amide bonds. The molecule has 2 aromatic heterocycles. The summed E-state index contributed by atoms with van der Waals surface area (Å²) in [7, 11) is 3.27. The first-order valence-corrected chi connectivity index (χ1v) is 6.62. The molecule has 2 aromatic rings. The van der Waals surface area contributed by atoms with Crippen LogP contribution in [0.1, 0.15) is 32.1 Å². The largest absolute Gasteiger partial charge is 0.329 e. The highest BCUT2D eigenvalue weighted by molar-refractivity contribution is 5.78. The highest BCUT2D eigenvalue weighted by Gasteiger charge is 2.08. The molecule has 20 heavy (non-hydrogen) atoms. The van der Waals surface area contributed by atoms with Crippen molar-refractivity contribution < 1.29 is 4.79 Å². The van der Waals surface area contributed by atoms with Gasteiger partial charge in [0.15, 0.2) is 11.2 Å². The lowest BCUT2D eigenvalue weighted by atomic mass is 10.00. The predicted octanol–water partition coefficient (Wildman–Crippen LogP) is 0.480. The predicted molar refractivity (Wildman–Crippen MR) is 74.7 cm³/mol. The van der Waals surface area contributed by atoms with Gasteiger partial charge in [0.1, 0.15) is 5.78 Å². The summed E-state index contributed by atoms with van der Waals surface area (Å²) >= 11 is 0. The number of nitrogens with zero attached hydrogens (tertiary/aromatic N) is 3. The summed E-state index contributed by atoms with van der Waals surface area (Å²) in [5.74, 6) is 0.464. The molecular formula is C13H18N4O3. The molecule has 0 aliphatic heterocycles. The van der Waals surface area contributed by atoms with Gasteiger partial charge in [0, 0.05) is 26.9 Å². The number of hydrogen-bond donors (Lipinski definition) is 1. The molecule has 1 aliphatic carbocycles. The monoisotopic (exact) mass is 278 g/mol. The van der Waals surface area contributed by atoms with E-state index < -0.39 is 11.2 Å². The van der Waals surface area contributed by atoms with Crippen LogP contribution in [-0.4, -0.2) is 24.9 Å². The molecule has 0 atom stereocenters. The molecule has 0 aromatic carbocycles. The van der Waals surface area contributed by atoms with Crippen LogP contribution in [0, 0.1) is 0 Å². The number of carbonyl (C=O) groups excluding carboxylic acids is 1. The van der Waals surface area contributed by atoms with E-state index in [4.69, 9.17) is 0 Å². The fraction of sp³-hybridized carbons (Fsp3) is 0.538. The molecule has 1 N–H and O–H groups in total. The first-order chi connectivity index (χ1) is 9.50. The lowest BCUT2D eigenvalue weighted by Gasteiger charge is -2.05. The van der Waals surface area contributed by atoms with Gasteiger partial charge in [0.2, 0.25) is 0 Å². The van der Waals surface area contributed by atoms with E-state index in [1.165, 1.54) is 17.3 Å². The molecule has 1 aliphatic rings. The number of nitrogens with one attached hydrogen (secondary N) is 1. The molecule has 0 saturated heterocycles. The van der Waals surface area contributed by atoms with Gasteiger partial charge < -0.3 is 4.57 Å². The highest BCUT2D eigenvalue weighted by Crippen LogP contribution is 2.12. The minimum atomic E-state index is -0.448. The number of Topliss-reactive ketones (excluding diaryl/α,β-unsaturated/α-hetero) is 1. The Labute approximate surface area is 115 Å². The zero-order valence-electron chi connectivity index (χ0n) is 11.7. The smallest absolute Gasteiger partial charge is 0.328 e. The first-order valence-electron chi connectivity index (χ1n) is 6.62. The molecule has 1 saturated carbocycles. The van der Waals surface area contributed by atoms with Crippen molar-refractivity contribution in [1.29, 1.82) is 0 Å². The third-order valence-corrected chi connectivity index (χ3v) is 3.39. The maximum atomic E-state index is 11.3. The minimum absolute atomic E-state index is 0.399. The van der Waals surface area contributed by atoms with Crippen LogP contribution in [0.25, 0.3) is 11.2 Å². The van der Waals surface area contributed by atoms with Gasteiger partial charge >= 0.3 is 5.69 Å². The van der Waals surface area contributed by atoms with E-state index in [2.05, 4.69) is 9.97 Å². The standard InChI is InChI=1S/C7H8N4O2.C6H10O/c1-10-3-8-5-4(10)6(12)9-7(13)11(5)2;7-6-4-2-1-3-5-6/h3H,1-2H3,(H,9,12,13);1-5H2. The number of fused-ring (bicyclic) bond motifs is 1. The summed E-state index contributed by atoms with van der Waals surface area (Å²) in [6.45, 7) is 0. The average molecular weight is 278 g/mol. The molecule has 1 fully saturated rings. The van der Waals surface area contributed by atoms with Crippen molar-refractivity contribution in [3.63, 3.8) is 0 Å². The zero-order chi connectivity index (χ0) is 14.7. The van der Waals surface area contributed by atoms with Crippen molar-refractivity contribution in [1.82, 2.24) is 19.1 Å². The second-order valence-corrected chi connectivity index (χ2v) is 4.95. The Balaban J connectivity index is 0.000000178. The topological polar surface area (TPSA) is 89.8 Å². The van der Waals surface area contributed by atoms with Crippen LogP contribution < -0.4 is 11.2 Å². The van der Waals surface area contributed by atoms with Gasteiger partial charge in [-0.1, -0.05) is 6.42 Å². The number of hydrogen-bond acceptors (Lipinski definition) is 4. The fourth-order valence-electron chi connectivity index (χ4n) is 2.21. The van der Waals surface area contributed by atoms with Gasteiger partial charge in [-0.3, -0.25) is 19.1 Å². The molecule has 108 valence electrons. The highest BCUT2D eigenvalue weighted by atomic mass is 16.2. The number of ketones is 1. The zero-order valence-corrected chi connectivity index (χ0v) is 11.7.